The highest BCUT2D eigenvalue weighted by molar-refractivity contribution is 6.33. The Morgan fingerprint density at radius 2 is 2.12 bits per heavy atom. The summed E-state index contributed by atoms with van der Waals surface area (Å²) in [5.41, 5.74) is 7.87. The number of rotatable bonds is 1. The van der Waals surface area contributed by atoms with Crippen molar-refractivity contribution in [1.82, 2.24) is 19.6 Å². The number of hydrogen-bond acceptors (Lipinski definition) is 4. The number of anilines is 1. The van der Waals surface area contributed by atoms with E-state index < -0.39 is 0 Å². The van der Waals surface area contributed by atoms with E-state index in [-0.39, 0.29) is 0 Å². The van der Waals surface area contributed by atoms with Crippen LogP contribution in [0.3, 0.4) is 0 Å². The van der Waals surface area contributed by atoms with E-state index in [9.17, 15) is 0 Å². The first kappa shape index (κ1) is 10.0. The first-order valence-corrected chi connectivity index (χ1v) is 5.34. The summed E-state index contributed by atoms with van der Waals surface area (Å²) in [6.07, 6.45) is 5.09. The number of benzene rings is 1. The molecule has 84 valence electrons. The summed E-state index contributed by atoms with van der Waals surface area (Å²) in [5.74, 6) is 0.655. The molecule has 2 aromatic heterocycles. The van der Waals surface area contributed by atoms with Crippen molar-refractivity contribution in [2.24, 2.45) is 0 Å². The van der Waals surface area contributed by atoms with Crippen molar-refractivity contribution in [3.63, 3.8) is 0 Å². The van der Waals surface area contributed by atoms with Crippen molar-refractivity contribution in [3.8, 4) is 11.4 Å². The lowest BCUT2D eigenvalue weighted by molar-refractivity contribution is 1.11. The van der Waals surface area contributed by atoms with Crippen molar-refractivity contribution >= 4 is 22.9 Å². The maximum atomic E-state index is 5.99. The summed E-state index contributed by atoms with van der Waals surface area (Å²) in [4.78, 5) is 3.98. The zero-order chi connectivity index (χ0) is 11.8. The van der Waals surface area contributed by atoms with Crippen molar-refractivity contribution in [2.75, 3.05) is 5.73 Å². The molecule has 2 heterocycles. The first-order valence-electron chi connectivity index (χ1n) is 4.96. The fraction of sp³-hybridized carbons (Fsp3) is 0. The van der Waals surface area contributed by atoms with Crippen LogP contribution in [0.25, 0.3) is 17.0 Å². The molecule has 0 saturated heterocycles. The summed E-state index contributed by atoms with van der Waals surface area (Å²) in [6.45, 7) is 0. The maximum Gasteiger partial charge on any atom is 0.179 e. The number of halogens is 1. The van der Waals surface area contributed by atoms with Gasteiger partial charge in [0.1, 0.15) is 0 Å². The van der Waals surface area contributed by atoms with Crippen molar-refractivity contribution in [3.05, 3.63) is 41.8 Å². The van der Waals surface area contributed by atoms with Gasteiger partial charge in [0.05, 0.1) is 16.9 Å². The number of nitrogens with two attached hydrogens (primary N) is 1. The number of nitrogen functional groups attached to an aromatic ring is 1. The third-order valence-corrected chi connectivity index (χ3v) is 2.84. The fourth-order valence-corrected chi connectivity index (χ4v) is 1.84. The highest BCUT2D eigenvalue weighted by atomic mass is 35.5. The molecule has 0 aliphatic rings. The fourth-order valence-electron chi connectivity index (χ4n) is 1.67. The molecule has 0 spiro atoms. The average molecular weight is 246 g/mol. The van der Waals surface area contributed by atoms with E-state index in [1.165, 1.54) is 0 Å². The normalized spacial score (nSPS) is 10.9. The van der Waals surface area contributed by atoms with Crippen molar-refractivity contribution in [1.29, 1.82) is 0 Å². The van der Waals surface area contributed by atoms with Crippen LogP contribution in [0.2, 0.25) is 5.02 Å². The number of hydrogen-bond donors (Lipinski definition) is 1. The lowest BCUT2D eigenvalue weighted by atomic mass is 10.1. The summed E-state index contributed by atoms with van der Waals surface area (Å²) >= 11 is 5.99. The Kier molecular flexibility index (Phi) is 2.19. The van der Waals surface area contributed by atoms with Gasteiger partial charge < -0.3 is 5.73 Å². The smallest absolute Gasteiger partial charge is 0.179 e. The summed E-state index contributed by atoms with van der Waals surface area (Å²) in [5, 5.41) is 8.63. The molecule has 0 bridgehead atoms. The molecule has 0 saturated carbocycles. The van der Waals surface area contributed by atoms with Crippen LogP contribution >= 0.6 is 11.6 Å². The van der Waals surface area contributed by atoms with Gasteiger partial charge in [-0.25, -0.2) is 0 Å². The molecule has 0 aliphatic heterocycles. The molecule has 0 radical (unpaired) electrons. The second-order valence-electron chi connectivity index (χ2n) is 3.53. The Labute approximate surface area is 102 Å². The Hall–Kier alpha value is -2.14. The quantitative estimate of drug-likeness (QED) is 0.666. The van der Waals surface area contributed by atoms with Gasteiger partial charge >= 0.3 is 0 Å². The van der Waals surface area contributed by atoms with Gasteiger partial charge in [0, 0.05) is 18.0 Å². The van der Waals surface area contributed by atoms with Crippen LogP contribution in [-0.2, 0) is 0 Å². The van der Waals surface area contributed by atoms with Crippen LogP contribution in [0.5, 0.6) is 0 Å². The maximum absolute atomic E-state index is 5.99. The second-order valence-corrected chi connectivity index (χ2v) is 3.94. The van der Waals surface area contributed by atoms with Crippen LogP contribution in [-0.4, -0.2) is 19.6 Å². The molecule has 2 N–H and O–H groups in total. The molecule has 3 aromatic rings. The Morgan fingerprint density at radius 1 is 1.24 bits per heavy atom. The monoisotopic (exact) mass is 245 g/mol. The zero-order valence-electron chi connectivity index (χ0n) is 8.71. The van der Waals surface area contributed by atoms with Crippen LogP contribution in [0.4, 0.5) is 5.69 Å². The lowest BCUT2D eigenvalue weighted by Gasteiger charge is -2.04. The predicted molar refractivity (Wildman–Crippen MR) is 65.6 cm³/mol. The molecule has 0 fully saturated rings. The van der Waals surface area contributed by atoms with E-state index >= 15 is 0 Å². The van der Waals surface area contributed by atoms with Crippen molar-refractivity contribution < 1.29 is 0 Å². The topological polar surface area (TPSA) is 69.1 Å². The first-order chi connectivity index (χ1) is 8.27. The SMILES string of the molecule is Nc1c(Cl)cccc1-c1nnc2cnccn12. The van der Waals surface area contributed by atoms with Gasteiger partial charge in [-0.15, -0.1) is 10.2 Å². The molecule has 3 rings (SSSR count). The Morgan fingerprint density at radius 3 is 3.00 bits per heavy atom. The molecule has 6 heteroatoms. The number of fused-ring (bicyclic) bond motifs is 1. The minimum absolute atomic E-state index is 0.500. The van der Waals surface area contributed by atoms with E-state index in [1.807, 2.05) is 16.5 Å². The van der Waals surface area contributed by atoms with Crippen LogP contribution in [0, 0.1) is 0 Å². The van der Waals surface area contributed by atoms with E-state index in [4.69, 9.17) is 17.3 Å². The zero-order valence-corrected chi connectivity index (χ0v) is 9.46. The van der Waals surface area contributed by atoms with Gasteiger partial charge in [0.2, 0.25) is 0 Å². The molecule has 5 nitrogen and oxygen atoms in total. The molecule has 17 heavy (non-hydrogen) atoms. The molecular weight excluding hydrogens is 238 g/mol. The number of nitrogens with zero attached hydrogens (tertiary/aromatic N) is 4. The van der Waals surface area contributed by atoms with Gasteiger partial charge in [-0.3, -0.25) is 9.38 Å². The number of para-hydroxylation sites is 1. The van der Waals surface area contributed by atoms with Crippen molar-refractivity contribution in [2.45, 2.75) is 0 Å². The Bertz CT molecular complexity index is 691. The molecule has 0 amide bonds. The van der Waals surface area contributed by atoms with E-state index in [0.29, 0.717) is 22.2 Å². The van der Waals surface area contributed by atoms with E-state index in [0.717, 1.165) is 5.56 Å². The number of aromatic nitrogens is 4. The molecule has 0 aliphatic carbocycles. The van der Waals surface area contributed by atoms with E-state index in [1.54, 1.807) is 24.7 Å². The van der Waals surface area contributed by atoms with Crippen LogP contribution < -0.4 is 5.73 Å². The summed E-state index contributed by atoms with van der Waals surface area (Å²) < 4.78 is 1.81. The standard InChI is InChI=1S/C11H8ClN5/c12-8-3-1-2-7(10(8)13)11-16-15-9-6-14-4-5-17(9)11/h1-6H,13H2. The van der Waals surface area contributed by atoms with Gasteiger partial charge in [-0.05, 0) is 12.1 Å². The van der Waals surface area contributed by atoms with Gasteiger partial charge in [0.15, 0.2) is 11.5 Å². The molecule has 1 aromatic carbocycles. The van der Waals surface area contributed by atoms with Crippen LogP contribution in [0.15, 0.2) is 36.8 Å². The molecule has 0 atom stereocenters. The highest BCUT2D eigenvalue weighted by Crippen LogP contribution is 2.30. The van der Waals surface area contributed by atoms with E-state index in [2.05, 4.69) is 15.2 Å². The minimum Gasteiger partial charge on any atom is -0.397 e. The molecular formula is C11H8ClN5. The molecule has 0 unspecified atom stereocenters. The van der Waals surface area contributed by atoms with Gasteiger partial charge in [-0.2, -0.15) is 0 Å². The second kappa shape index (κ2) is 3.71. The third-order valence-electron chi connectivity index (χ3n) is 2.51. The minimum atomic E-state index is 0.500. The predicted octanol–water partition coefficient (Wildman–Crippen LogP) is 2.03. The largest absolute Gasteiger partial charge is 0.397 e. The Balaban J connectivity index is 2.31. The average Bonchev–Trinajstić information content (AvgIpc) is 2.77. The summed E-state index contributed by atoms with van der Waals surface area (Å²) in [7, 11) is 0. The summed E-state index contributed by atoms with van der Waals surface area (Å²) in [6, 6.07) is 5.43. The highest BCUT2D eigenvalue weighted by Gasteiger charge is 2.12. The third kappa shape index (κ3) is 1.52. The van der Waals surface area contributed by atoms with Crippen LogP contribution in [0.1, 0.15) is 0 Å². The lowest BCUT2D eigenvalue weighted by Crippen LogP contribution is -1.95. The van der Waals surface area contributed by atoms with Gasteiger partial charge in [-0.1, -0.05) is 17.7 Å². The van der Waals surface area contributed by atoms with Gasteiger partial charge in [0.25, 0.3) is 0 Å².